The second-order valence-electron chi connectivity index (χ2n) is 12.6. The van der Waals surface area contributed by atoms with Crippen LogP contribution >= 0.6 is 0 Å². The third-order valence-electron chi connectivity index (χ3n) is 8.86. The zero-order valence-electron chi connectivity index (χ0n) is 26.9. The van der Waals surface area contributed by atoms with Crippen molar-refractivity contribution in [3.8, 4) is 11.4 Å². The molecule has 2 saturated heterocycles. The molecular weight excluding hydrogens is 637 g/mol. The second-order valence-corrected chi connectivity index (χ2v) is 12.6. The topological polar surface area (TPSA) is 154 Å². The van der Waals surface area contributed by atoms with E-state index in [-0.39, 0.29) is 72.7 Å². The van der Waals surface area contributed by atoms with Crippen LogP contribution in [0.5, 0.6) is 0 Å². The Kier molecular flexibility index (Phi) is 10.3. The average molecular weight is 677 g/mol. The minimum atomic E-state index is -4.62. The molecule has 1 aromatic carbocycles. The number of unbranched alkanes of at least 4 members (excludes halogenated alkanes) is 1. The van der Waals surface area contributed by atoms with Crippen LogP contribution in [0, 0.1) is 17.8 Å². The molecule has 1 aromatic heterocycles. The van der Waals surface area contributed by atoms with Crippen LogP contribution in [0.4, 0.5) is 28.6 Å². The predicted molar refractivity (Wildman–Crippen MR) is 165 cm³/mol. The van der Waals surface area contributed by atoms with Crippen molar-refractivity contribution < 1.29 is 46.9 Å². The van der Waals surface area contributed by atoms with Gasteiger partial charge in [-0.1, -0.05) is 39.3 Å². The predicted octanol–water partition coefficient (Wildman–Crippen LogP) is 4.13. The lowest BCUT2D eigenvalue weighted by atomic mass is 10.0. The number of rotatable bonds is 10. The van der Waals surface area contributed by atoms with Gasteiger partial charge >= 0.3 is 18.4 Å². The molecule has 260 valence electrons. The quantitative estimate of drug-likeness (QED) is 0.277. The van der Waals surface area contributed by atoms with E-state index in [4.69, 9.17) is 14.6 Å². The summed E-state index contributed by atoms with van der Waals surface area (Å²) >= 11 is 0. The van der Waals surface area contributed by atoms with Gasteiger partial charge in [0, 0.05) is 62.7 Å². The third-order valence-corrected chi connectivity index (χ3v) is 8.86. The van der Waals surface area contributed by atoms with Crippen molar-refractivity contribution in [1.82, 2.24) is 25.1 Å². The van der Waals surface area contributed by atoms with Crippen LogP contribution in [0.2, 0.25) is 0 Å². The van der Waals surface area contributed by atoms with Gasteiger partial charge in [-0.2, -0.15) is 13.2 Å². The number of nitrogens with one attached hydrogen (secondary N) is 1. The van der Waals surface area contributed by atoms with Crippen molar-refractivity contribution >= 4 is 29.9 Å². The van der Waals surface area contributed by atoms with Crippen molar-refractivity contribution in [2.24, 2.45) is 17.8 Å². The zero-order valence-corrected chi connectivity index (χ0v) is 26.9. The lowest BCUT2D eigenvalue weighted by molar-refractivity contribution is -0.137. The van der Waals surface area contributed by atoms with E-state index >= 15 is 0 Å². The molecule has 0 unspecified atom stereocenters. The lowest BCUT2D eigenvalue weighted by Gasteiger charge is -2.36. The standard InChI is InChI=1S/C32H39F3N6O7/c1-4-5-13-47-30(44)40-11-9-39(10-12-40)29(43)25(18(2)3)38-28(42)23-15-24(41-16-21-22(17-41)26(21)48-31(45)46)37-27(36-23)19-7-6-8-20(14-19)32(33,34)35/h6-8,14-15,18,21-22,25-26H,4-5,9-13,16-17H2,1-3H3,(H,38,42)(H,45,46)/t21-,22+,25-,26-/m0/s1. The van der Waals surface area contributed by atoms with E-state index in [1.807, 2.05) is 11.8 Å². The summed E-state index contributed by atoms with van der Waals surface area (Å²) in [7, 11) is 0. The van der Waals surface area contributed by atoms with Crippen LogP contribution in [0.1, 0.15) is 49.7 Å². The molecule has 0 bridgehead atoms. The van der Waals surface area contributed by atoms with Gasteiger partial charge in [-0.05, 0) is 24.5 Å². The number of hydrogen-bond donors (Lipinski definition) is 2. The number of carbonyl (C=O) groups is 4. The van der Waals surface area contributed by atoms with Crippen LogP contribution in [0.3, 0.4) is 0 Å². The molecule has 3 heterocycles. The molecular formula is C32H39F3N6O7. The molecule has 0 radical (unpaired) electrons. The summed E-state index contributed by atoms with van der Waals surface area (Å²) in [5.41, 5.74) is -1.01. The first kappa shape index (κ1) is 34.7. The number of piperidine rings is 1. The first-order valence-corrected chi connectivity index (χ1v) is 16.0. The maximum absolute atomic E-state index is 13.7. The summed E-state index contributed by atoms with van der Waals surface area (Å²) in [6.07, 6.45) is -5.20. The summed E-state index contributed by atoms with van der Waals surface area (Å²) in [4.78, 5) is 64.4. The number of amides is 3. The Balaban J connectivity index is 1.34. The number of hydrogen-bond acceptors (Lipinski definition) is 9. The molecule has 2 aliphatic heterocycles. The monoisotopic (exact) mass is 676 g/mol. The van der Waals surface area contributed by atoms with Crippen molar-refractivity contribution in [2.75, 3.05) is 50.8 Å². The normalized spacial score (nSPS) is 21.1. The molecule has 13 nitrogen and oxygen atoms in total. The number of fused-ring (bicyclic) bond motifs is 1. The van der Waals surface area contributed by atoms with Gasteiger partial charge in [-0.15, -0.1) is 0 Å². The van der Waals surface area contributed by atoms with Gasteiger partial charge in [-0.25, -0.2) is 19.6 Å². The minimum absolute atomic E-state index is 0.0414. The van der Waals surface area contributed by atoms with Gasteiger partial charge in [0.25, 0.3) is 5.91 Å². The zero-order chi connectivity index (χ0) is 34.7. The SMILES string of the molecule is CCCCOC(=O)N1CCN(C(=O)[C@@H](NC(=O)c2cc(N3C[C@@H]4[C@H](C3)[C@@H]4OC(=O)O)nc(-c3cccc(C(F)(F)F)c3)n2)C(C)C)CC1. The summed E-state index contributed by atoms with van der Waals surface area (Å²) in [5.74, 6) is -1.38. The smallest absolute Gasteiger partial charge is 0.450 e. The maximum atomic E-state index is 13.7. The van der Waals surface area contributed by atoms with Crippen LogP contribution in [0.15, 0.2) is 30.3 Å². The molecule has 3 amide bonds. The van der Waals surface area contributed by atoms with E-state index in [9.17, 15) is 32.3 Å². The van der Waals surface area contributed by atoms with Crippen LogP contribution < -0.4 is 10.2 Å². The highest BCUT2D eigenvalue weighted by Crippen LogP contribution is 2.49. The van der Waals surface area contributed by atoms with E-state index in [1.165, 1.54) is 18.2 Å². The number of halogens is 3. The molecule has 2 aromatic rings. The Hall–Kier alpha value is -4.63. The number of carboxylic acid groups (broad SMARTS) is 1. The summed E-state index contributed by atoms with van der Waals surface area (Å²) in [6.45, 7) is 7.67. The second kappa shape index (κ2) is 14.2. The highest BCUT2D eigenvalue weighted by atomic mass is 19.4. The van der Waals surface area contributed by atoms with Crippen LogP contribution in [-0.4, -0.2) is 107 Å². The molecule has 3 aliphatic rings. The van der Waals surface area contributed by atoms with Crippen LogP contribution in [-0.2, 0) is 20.4 Å². The van der Waals surface area contributed by atoms with E-state index in [1.54, 1.807) is 23.6 Å². The summed E-state index contributed by atoms with van der Waals surface area (Å²) in [5, 5.41) is 11.7. The number of benzene rings is 1. The Morgan fingerprint density at radius 2 is 1.69 bits per heavy atom. The van der Waals surface area contributed by atoms with Gasteiger partial charge in [0.15, 0.2) is 5.82 Å². The number of anilines is 1. The van der Waals surface area contributed by atoms with Gasteiger partial charge in [-0.3, -0.25) is 9.59 Å². The molecule has 5 rings (SSSR count). The molecule has 48 heavy (non-hydrogen) atoms. The number of piperazine rings is 1. The lowest BCUT2D eigenvalue weighted by Crippen LogP contribution is -2.57. The highest BCUT2D eigenvalue weighted by molar-refractivity contribution is 5.97. The van der Waals surface area contributed by atoms with Crippen molar-refractivity contribution in [1.29, 1.82) is 0 Å². The molecule has 0 spiro atoms. The van der Waals surface area contributed by atoms with Crippen molar-refractivity contribution in [3.05, 3.63) is 41.6 Å². The number of ether oxygens (including phenoxy) is 2. The number of nitrogens with zero attached hydrogens (tertiary/aromatic N) is 5. The average Bonchev–Trinajstić information content (AvgIpc) is 3.46. The molecule has 4 atom stereocenters. The fourth-order valence-corrected chi connectivity index (χ4v) is 6.06. The minimum Gasteiger partial charge on any atom is -0.450 e. The molecule has 1 aliphatic carbocycles. The summed E-state index contributed by atoms with van der Waals surface area (Å²) < 4.78 is 50.8. The van der Waals surface area contributed by atoms with Crippen LogP contribution in [0.25, 0.3) is 11.4 Å². The van der Waals surface area contributed by atoms with Crippen molar-refractivity contribution in [2.45, 2.75) is 51.9 Å². The fraction of sp³-hybridized carbons (Fsp3) is 0.562. The van der Waals surface area contributed by atoms with E-state index in [2.05, 4.69) is 15.3 Å². The Morgan fingerprint density at radius 3 is 2.29 bits per heavy atom. The van der Waals surface area contributed by atoms with Gasteiger partial charge in [0.05, 0.1) is 12.2 Å². The Labute approximate surface area is 275 Å². The van der Waals surface area contributed by atoms with E-state index in [0.29, 0.717) is 19.7 Å². The van der Waals surface area contributed by atoms with Crippen molar-refractivity contribution in [3.63, 3.8) is 0 Å². The highest BCUT2D eigenvalue weighted by Gasteiger charge is 2.59. The molecule has 16 heteroatoms. The number of aromatic nitrogens is 2. The van der Waals surface area contributed by atoms with Gasteiger partial charge in [0.2, 0.25) is 5.91 Å². The van der Waals surface area contributed by atoms with E-state index in [0.717, 1.165) is 25.0 Å². The Morgan fingerprint density at radius 1 is 1.02 bits per heavy atom. The summed E-state index contributed by atoms with van der Waals surface area (Å²) in [6, 6.07) is 4.92. The molecule has 2 N–H and O–H groups in total. The molecule has 1 saturated carbocycles. The largest absolute Gasteiger partial charge is 0.506 e. The number of alkyl halides is 3. The first-order valence-electron chi connectivity index (χ1n) is 16.0. The fourth-order valence-electron chi connectivity index (χ4n) is 6.06. The third kappa shape index (κ3) is 7.90. The first-order chi connectivity index (χ1) is 22.8. The Bertz CT molecular complexity index is 1520. The number of carbonyl (C=O) groups excluding carboxylic acids is 3. The van der Waals surface area contributed by atoms with E-state index < -0.39 is 42.0 Å². The maximum Gasteiger partial charge on any atom is 0.506 e. The molecule has 3 fully saturated rings. The van der Waals surface area contributed by atoms with Gasteiger partial charge in [0.1, 0.15) is 23.7 Å². The van der Waals surface area contributed by atoms with Gasteiger partial charge < -0.3 is 34.6 Å².